The van der Waals surface area contributed by atoms with E-state index in [0.29, 0.717) is 28.1 Å². The molecule has 0 bridgehead atoms. The number of nitrogens with one attached hydrogen (secondary N) is 2. The number of hydrogen-bond donors (Lipinski definition) is 2. The van der Waals surface area contributed by atoms with Crippen LogP contribution in [0.5, 0.6) is 5.75 Å². The number of fused-ring (bicyclic) bond motifs is 3. The minimum Gasteiger partial charge on any atom is -0.491 e. The van der Waals surface area contributed by atoms with Gasteiger partial charge in [0, 0.05) is 30.4 Å². The topological polar surface area (TPSA) is 127 Å². The van der Waals surface area contributed by atoms with Gasteiger partial charge in [0.05, 0.1) is 13.2 Å². The first-order valence-corrected chi connectivity index (χ1v) is 11.2. The number of hydrogen-bond acceptors (Lipinski definition) is 7. The van der Waals surface area contributed by atoms with Crippen LogP contribution in [0.2, 0.25) is 0 Å². The monoisotopic (exact) mass is 498 g/mol. The van der Waals surface area contributed by atoms with E-state index in [0.717, 1.165) is 4.90 Å². The molecule has 3 aliphatic rings. The molecular formula is C24H23FN4O7. The molecule has 36 heavy (non-hydrogen) atoms. The van der Waals surface area contributed by atoms with Gasteiger partial charge >= 0.3 is 12.1 Å². The molecule has 11 nitrogen and oxygen atoms in total. The number of urea groups is 1. The van der Waals surface area contributed by atoms with Crippen molar-refractivity contribution in [2.24, 2.45) is 0 Å². The molecular weight excluding hydrogens is 475 g/mol. The lowest BCUT2D eigenvalue weighted by atomic mass is 9.87. The number of benzene rings is 2. The van der Waals surface area contributed by atoms with E-state index >= 15 is 0 Å². The van der Waals surface area contributed by atoms with Gasteiger partial charge in [0.2, 0.25) is 11.5 Å². The Hall–Kier alpha value is -4.19. The van der Waals surface area contributed by atoms with E-state index in [1.807, 2.05) is 0 Å². The summed E-state index contributed by atoms with van der Waals surface area (Å²) in [4.78, 5) is 53.1. The third-order valence-electron chi connectivity index (χ3n) is 6.31. The Labute approximate surface area is 205 Å². The van der Waals surface area contributed by atoms with Gasteiger partial charge in [-0.25, -0.2) is 18.9 Å². The number of halogens is 1. The summed E-state index contributed by atoms with van der Waals surface area (Å²) in [6, 6.07) is 8.46. The number of amides is 5. The smallest absolute Gasteiger partial charge is 0.418 e. The lowest BCUT2D eigenvalue weighted by Crippen LogP contribution is -2.48. The van der Waals surface area contributed by atoms with Gasteiger partial charge in [0.1, 0.15) is 31.3 Å². The van der Waals surface area contributed by atoms with E-state index < -0.39 is 41.9 Å². The van der Waals surface area contributed by atoms with Crippen molar-refractivity contribution in [2.45, 2.75) is 18.8 Å². The Bertz CT molecular complexity index is 1270. The van der Waals surface area contributed by atoms with Gasteiger partial charge in [-0.1, -0.05) is 6.07 Å². The van der Waals surface area contributed by atoms with Crippen LogP contribution < -0.4 is 15.4 Å². The molecule has 1 atom stereocenters. The van der Waals surface area contributed by atoms with E-state index in [1.165, 1.54) is 30.1 Å². The lowest BCUT2D eigenvalue weighted by Gasteiger charge is -2.32. The lowest BCUT2D eigenvalue weighted by molar-refractivity contribution is -0.148. The second-order valence-corrected chi connectivity index (χ2v) is 8.57. The highest BCUT2D eigenvalue weighted by Gasteiger charge is 2.58. The molecule has 3 aliphatic heterocycles. The summed E-state index contributed by atoms with van der Waals surface area (Å²) in [6.07, 6.45) is -0.963. The highest BCUT2D eigenvalue weighted by Crippen LogP contribution is 2.41. The van der Waals surface area contributed by atoms with Crippen LogP contribution >= 0.6 is 0 Å². The van der Waals surface area contributed by atoms with E-state index in [2.05, 4.69) is 10.6 Å². The number of rotatable bonds is 3. The molecule has 1 unspecified atom stereocenters. The van der Waals surface area contributed by atoms with E-state index in [-0.39, 0.29) is 32.9 Å². The van der Waals surface area contributed by atoms with Crippen molar-refractivity contribution in [2.75, 3.05) is 38.7 Å². The molecule has 0 saturated carbocycles. The van der Waals surface area contributed by atoms with E-state index in [4.69, 9.17) is 14.2 Å². The Balaban J connectivity index is 1.35. The Morgan fingerprint density at radius 1 is 1.14 bits per heavy atom. The fourth-order valence-electron chi connectivity index (χ4n) is 4.52. The average molecular weight is 498 g/mol. The molecule has 188 valence electrons. The van der Waals surface area contributed by atoms with Crippen molar-refractivity contribution in [1.82, 2.24) is 15.1 Å². The fourth-order valence-corrected chi connectivity index (χ4v) is 4.52. The maximum absolute atomic E-state index is 13.7. The minimum absolute atomic E-state index is 0.0706. The number of carbonyl (C=O) groups excluding carboxylic acids is 4. The summed E-state index contributed by atoms with van der Waals surface area (Å²) < 4.78 is 30.4. The van der Waals surface area contributed by atoms with Gasteiger partial charge in [-0.2, -0.15) is 0 Å². The van der Waals surface area contributed by atoms with Gasteiger partial charge in [0.15, 0.2) is 0 Å². The van der Waals surface area contributed by atoms with Crippen LogP contribution in [0.1, 0.15) is 16.7 Å². The zero-order valence-electron chi connectivity index (χ0n) is 19.3. The molecule has 0 radical (unpaired) electrons. The molecule has 2 aromatic rings. The summed E-state index contributed by atoms with van der Waals surface area (Å²) in [5, 5.41) is 5.08. The molecule has 2 aromatic carbocycles. The van der Waals surface area contributed by atoms with Crippen LogP contribution in [0.4, 0.5) is 19.7 Å². The zero-order valence-corrected chi connectivity index (χ0v) is 19.3. The third-order valence-corrected chi connectivity index (χ3v) is 6.31. The molecule has 0 aliphatic carbocycles. The van der Waals surface area contributed by atoms with Gasteiger partial charge in [-0.15, -0.1) is 0 Å². The summed E-state index contributed by atoms with van der Waals surface area (Å²) in [5.74, 6) is -1.22. The molecule has 0 aromatic heterocycles. The van der Waals surface area contributed by atoms with Gasteiger partial charge in [-0.3, -0.25) is 9.59 Å². The number of carbonyl (C=O) groups is 4. The van der Waals surface area contributed by atoms with Crippen molar-refractivity contribution in [1.29, 1.82) is 0 Å². The predicted octanol–water partition coefficient (Wildman–Crippen LogP) is 1.70. The normalized spacial score (nSPS) is 20.7. The first-order chi connectivity index (χ1) is 17.3. The van der Waals surface area contributed by atoms with Crippen molar-refractivity contribution in [3.8, 4) is 5.75 Å². The minimum atomic E-state index is -1.73. The number of imide groups is 1. The van der Waals surface area contributed by atoms with Gasteiger partial charge < -0.3 is 29.7 Å². The van der Waals surface area contributed by atoms with E-state index in [1.54, 1.807) is 18.2 Å². The van der Waals surface area contributed by atoms with Gasteiger partial charge in [-0.05, 0) is 35.9 Å². The SMILES string of the molecule is CNC(=O)Nc1ccc2c(c1)COCC21OC(=O)N(CC(=O)N2CCOc3ccc(F)cc3C2)C1=O. The van der Waals surface area contributed by atoms with Crippen molar-refractivity contribution in [3.05, 3.63) is 58.9 Å². The van der Waals surface area contributed by atoms with Crippen LogP contribution in [-0.2, 0) is 37.8 Å². The average Bonchev–Trinajstić information content (AvgIpc) is 3.00. The summed E-state index contributed by atoms with van der Waals surface area (Å²) >= 11 is 0. The van der Waals surface area contributed by atoms with Crippen LogP contribution in [0.3, 0.4) is 0 Å². The largest absolute Gasteiger partial charge is 0.491 e. The quantitative estimate of drug-likeness (QED) is 0.660. The summed E-state index contributed by atoms with van der Waals surface area (Å²) in [6.45, 7) is -0.156. The van der Waals surface area contributed by atoms with Crippen LogP contribution in [0.15, 0.2) is 36.4 Å². The molecule has 2 N–H and O–H groups in total. The Morgan fingerprint density at radius 3 is 2.78 bits per heavy atom. The molecule has 12 heteroatoms. The van der Waals surface area contributed by atoms with Crippen molar-refractivity contribution < 1.29 is 37.8 Å². The van der Waals surface area contributed by atoms with Gasteiger partial charge in [0.25, 0.3) is 5.91 Å². The second-order valence-electron chi connectivity index (χ2n) is 8.57. The van der Waals surface area contributed by atoms with Crippen LogP contribution in [0, 0.1) is 5.82 Å². The molecule has 3 heterocycles. The molecule has 1 saturated heterocycles. The maximum atomic E-state index is 13.7. The highest BCUT2D eigenvalue weighted by atomic mass is 19.1. The summed E-state index contributed by atoms with van der Waals surface area (Å²) in [7, 11) is 1.48. The van der Waals surface area contributed by atoms with Crippen molar-refractivity contribution >= 4 is 29.6 Å². The van der Waals surface area contributed by atoms with E-state index in [9.17, 15) is 23.6 Å². The predicted molar refractivity (Wildman–Crippen MR) is 121 cm³/mol. The standard InChI is InChI=1S/C24H23FN4O7/c1-26-22(32)27-17-3-4-18-15(9-17)12-34-13-24(18)21(31)29(23(33)36-24)11-20(30)28-6-7-35-19-5-2-16(25)8-14(19)10-28/h2-5,8-9H,6-7,10-13H2,1H3,(H2,26,27,32). The number of nitrogens with zero attached hydrogens (tertiary/aromatic N) is 2. The zero-order chi connectivity index (χ0) is 25.4. The van der Waals surface area contributed by atoms with Crippen LogP contribution in [0.25, 0.3) is 0 Å². The van der Waals surface area contributed by atoms with Crippen LogP contribution in [-0.4, -0.2) is 67.1 Å². The molecule has 5 amide bonds. The first-order valence-electron chi connectivity index (χ1n) is 11.2. The second kappa shape index (κ2) is 9.11. The number of ether oxygens (including phenoxy) is 3. The molecule has 1 spiro atoms. The Morgan fingerprint density at radius 2 is 1.97 bits per heavy atom. The number of anilines is 1. The molecule has 5 rings (SSSR count). The van der Waals surface area contributed by atoms with Crippen molar-refractivity contribution in [3.63, 3.8) is 0 Å². The fraction of sp³-hybridized carbons (Fsp3) is 0.333. The summed E-state index contributed by atoms with van der Waals surface area (Å²) in [5.41, 5.74) is 0.222. The Kier molecular flexibility index (Phi) is 5.96. The maximum Gasteiger partial charge on any atom is 0.418 e. The highest BCUT2D eigenvalue weighted by molar-refractivity contribution is 6.06. The third kappa shape index (κ3) is 4.09. The molecule has 1 fully saturated rings. The first kappa shape index (κ1) is 23.5.